The number of carbonyl (C=O) groups is 2. The maximum absolute atomic E-state index is 13.5. The second-order valence-corrected chi connectivity index (χ2v) is 9.25. The van der Waals surface area contributed by atoms with Crippen molar-refractivity contribution >= 4 is 23.2 Å². The molecule has 1 atom stereocenters. The van der Waals surface area contributed by atoms with Crippen LogP contribution in [0.25, 0.3) is 0 Å². The Morgan fingerprint density at radius 3 is 2.52 bits per heavy atom. The van der Waals surface area contributed by atoms with Crippen molar-refractivity contribution in [1.29, 1.82) is 0 Å². The first kappa shape index (κ1) is 23.1. The fourth-order valence-corrected chi connectivity index (χ4v) is 5.19. The molecular weight excluding hydrogens is 432 g/mol. The molecule has 0 fully saturated rings. The summed E-state index contributed by atoms with van der Waals surface area (Å²) >= 11 is 1.73. The molecule has 172 valence electrons. The number of carbonyl (C=O) groups excluding carboxylic acids is 2. The number of para-hydroxylation sites is 1. The van der Waals surface area contributed by atoms with Crippen molar-refractivity contribution in [3.05, 3.63) is 88.1 Å². The average Bonchev–Trinajstić information content (AvgIpc) is 3.32. The van der Waals surface area contributed by atoms with Crippen LogP contribution in [0, 0.1) is 0 Å². The minimum Gasteiger partial charge on any atom is -0.491 e. The van der Waals surface area contributed by atoms with Crippen LogP contribution in [0.3, 0.4) is 0 Å². The molecule has 0 saturated heterocycles. The quantitative estimate of drug-likeness (QED) is 0.462. The van der Waals surface area contributed by atoms with E-state index in [9.17, 15) is 9.59 Å². The Morgan fingerprint density at radius 1 is 1.06 bits per heavy atom. The molecule has 0 bridgehead atoms. The molecule has 1 aromatic heterocycles. The SMILES string of the molecule is CCCN(CC(=O)N1CCc2sccc2[C@@H]1COc1ccccc1)C(=O)Cc1ccccc1. The second kappa shape index (κ2) is 11.1. The fraction of sp³-hybridized carbons (Fsp3) is 0.333. The highest BCUT2D eigenvalue weighted by molar-refractivity contribution is 7.10. The molecule has 3 aromatic rings. The number of fused-ring (bicyclic) bond motifs is 1. The fourth-order valence-electron chi connectivity index (χ4n) is 4.26. The summed E-state index contributed by atoms with van der Waals surface area (Å²) in [4.78, 5) is 31.4. The van der Waals surface area contributed by atoms with E-state index in [0.717, 1.165) is 29.7 Å². The lowest BCUT2D eigenvalue weighted by Crippen LogP contribution is -2.48. The molecule has 0 radical (unpaired) electrons. The van der Waals surface area contributed by atoms with E-state index < -0.39 is 0 Å². The molecule has 6 heteroatoms. The number of amides is 2. The number of benzene rings is 2. The highest BCUT2D eigenvalue weighted by Crippen LogP contribution is 2.34. The van der Waals surface area contributed by atoms with Gasteiger partial charge < -0.3 is 14.5 Å². The van der Waals surface area contributed by atoms with E-state index in [1.165, 1.54) is 4.88 Å². The van der Waals surface area contributed by atoms with Gasteiger partial charge in [-0.15, -0.1) is 11.3 Å². The van der Waals surface area contributed by atoms with Gasteiger partial charge in [0.25, 0.3) is 0 Å². The van der Waals surface area contributed by atoms with Gasteiger partial charge in [-0.3, -0.25) is 9.59 Å². The molecule has 0 spiro atoms. The van der Waals surface area contributed by atoms with Gasteiger partial charge in [-0.25, -0.2) is 0 Å². The first-order valence-corrected chi connectivity index (χ1v) is 12.4. The number of hydrogen-bond acceptors (Lipinski definition) is 4. The summed E-state index contributed by atoms with van der Waals surface area (Å²) in [5.74, 6) is 0.753. The normalized spacial score (nSPS) is 15.1. The molecule has 0 unspecified atom stereocenters. The number of rotatable bonds is 9. The largest absolute Gasteiger partial charge is 0.491 e. The summed E-state index contributed by atoms with van der Waals surface area (Å²) < 4.78 is 6.06. The molecule has 0 saturated carbocycles. The predicted molar refractivity (Wildman–Crippen MR) is 131 cm³/mol. The smallest absolute Gasteiger partial charge is 0.242 e. The van der Waals surface area contributed by atoms with Gasteiger partial charge >= 0.3 is 0 Å². The summed E-state index contributed by atoms with van der Waals surface area (Å²) in [6.07, 6.45) is 1.96. The summed E-state index contributed by atoms with van der Waals surface area (Å²) in [7, 11) is 0. The number of nitrogens with zero attached hydrogens (tertiary/aromatic N) is 2. The number of ether oxygens (including phenoxy) is 1. The maximum Gasteiger partial charge on any atom is 0.242 e. The zero-order valence-electron chi connectivity index (χ0n) is 19.0. The van der Waals surface area contributed by atoms with Gasteiger partial charge in [-0.05, 0) is 47.5 Å². The topological polar surface area (TPSA) is 49.9 Å². The lowest BCUT2D eigenvalue weighted by Gasteiger charge is -2.37. The monoisotopic (exact) mass is 462 g/mol. The van der Waals surface area contributed by atoms with E-state index in [2.05, 4.69) is 11.4 Å². The van der Waals surface area contributed by atoms with Crippen molar-refractivity contribution in [2.45, 2.75) is 32.2 Å². The summed E-state index contributed by atoms with van der Waals surface area (Å²) in [6, 6.07) is 21.3. The Balaban J connectivity index is 1.47. The molecule has 33 heavy (non-hydrogen) atoms. The predicted octanol–water partition coefficient (Wildman–Crippen LogP) is 4.73. The minimum absolute atomic E-state index is 0.0123. The Hall–Kier alpha value is -3.12. The van der Waals surface area contributed by atoms with Gasteiger partial charge in [0.1, 0.15) is 12.4 Å². The van der Waals surface area contributed by atoms with Crippen LogP contribution in [0.15, 0.2) is 72.1 Å². The molecule has 2 heterocycles. The molecule has 2 aromatic carbocycles. The van der Waals surface area contributed by atoms with Crippen molar-refractivity contribution in [3.8, 4) is 5.75 Å². The van der Waals surface area contributed by atoms with Crippen LogP contribution < -0.4 is 4.74 Å². The van der Waals surface area contributed by atoms with Crippen LogP contribution >= 0.6 is 11.3 Å². The standard InChI is InChI=1S/C27H30N2O3S/c1-2-15-28(26(30)18-21-9-5-3-6-10-21)19-27(31)29-16-13-25-23(14-17-33-25)24(29)20-32-22-11-7-4-8-12-22/h3-12,14,17,24H,2,13,15-16,18-20H2,1H3/t24-/m0/s1. The van der Waals surface area contributed by atoms with E-state index in [-0.39, 0.29) is 24.4 Å². The average molecular weight is 463 g/mol. The van der Waals surface area contributed by atoms with Crippen molar-refractivity contribution in [2.75, 3.05) is 26.2 Å². The molecule has 5 nitrogen and oxygen atoms in total. The lowest BCUT2D eigenvalue weighted by molar-refractivity contribution is -0.142. The number of thiophene rings is 1. The molecule has 0 N–H and O–H groups in total. The van der Waals surface area contributed by atoms with Gasteiger partial charge in [0.05, 0.1) is 19.0 Å². The minimum atomic E-state index is -0.152. The summed E-state index contributed by atoms with van der Waals surface area (Å²) in [6.45, 7) is 3.73. The van der Waals surface area contributed by atoms with E-state index in [1.807, 2.05) is 72.5 Å². The van der Waals surface area contributed by atoms with Crippen molar-refractivity contribution in [3.63, 3.8) is 0 Å². The third kappa shape index (κ3) is 5.82. The molecule has 1 aliphatic rings. The van der Waals surface area contributed by atoms with E-state index in [4.69, 9.17) is 4.74 Å². The van der Waals surface area contributed by atoms with Crippen LogP contribution in [0.1, 0.15) is 35.4 Å². The first-order valence-electron chi connectivity index (χ1n) is 11.5. The zero-order valence-corrected chi connectivity index (χ0v) is 19.8. The number of hydrogen-bond donors (Lipinski definition) is 0. The van der Waals surface area contributed by atoms with Gasteiger partial charge in [-0.2, -0.15) is 0 Å². The zero-order chi connectivity index (χ0) is 23.0. The van der Waals surface area contributed by atoms with Crippen molar-refractivity contribution < 1.29 is 14.3 Å². The highest BCUT2D eigenvalue weighted by atomic mass is 32.1. The third-order valence-electron chi connectivity index (χ3n) is 5.94. The Kier molecular flexibility index (Phi) is 7.79. The van der Waals surface area contributed by atoms with Gasteiger partial charge in [0.2, 0.25) is 11.8 Å². The first-order chi connectivity index (χ1) is 16.2. The molecule has 2 amide bonds. The lowest BCUT2D eigenvalue weighted by atomic mass is 10.0. The molecular formula is C27H30N2O3S. The maximum atomic E-state index is 13.5. The van der Waals surface area contributed by atoms with Gasteiger partial charge in [0.15, 0.2) is 0 Å². The van der Waals surface area contributed by atoms with Crippen molar-refractivity contribution in [2.24, 2.45) is 0 Å². The Labute approximate surface area is 199 Å². The molecule has 4 rings (SSSR count). The van der Waals surface area contributed by atoms with Crippen molar-refractivity contribution in [1.82, 2.24) is 9.80 Å². The third-order valence-corrected chi connectivity index (χ3v) is 6.93. The van der Waals surface area contributed by atoms with E-state index in [1.54, 1.807) is 16.2 Å². The molecule has 0 aliphatic carbocycles. The summed E-state index contributed by atoms with van der Waals surface area (Å²) in [5, 5.41) is 2.08. The second-order valence-electron chi connectivity index (χ2n) is 8.25. The van der Waals surface area contributed by atoms with Crippen LogP contribution in [0.2, 0.25) is 0 Å². The van der Waals surface area contributed by atoms with E-state index >= 15 is 0 Å². The summed E-state index contributed by atoms with van der Waals surface area (Å²) in [5.41, 5.74) is 2.12. The van der Waals surface area contributed by atoms with E-state index in [0.29, 0.717) is 26.1 Å². The molecule has 1 aliphatic heterocycles. The van der Waals surface area contributed by atoms with Crippen LogP contribution in [-0.4, -0.2) is 47.9 Å². The Bertz CT molecular complexity index is 1050. The van der Waals surface area contributed by atoms with Crippen LogP contribution in [-0.2, 0) is 22.4 Å². The van der Waals surface area contributed by atoms with Gasteiger partial charge in [0, 0.05) is 18.0 Å². The Morgan fingerprint density at radius 2 is 1.79 bits per heavy atom. The van der Waals surface area contributed by atoms with Crippen LogP contribution in [0.5, 0.6) is 5.75 Å². The highest BCUT2D eigenvalue weighted by Gasteiger charge is 2.33. The van der Waals surface area contributed by atoms with Crippen LogP contribution in [0.4, 0.5) is 0 Å². The van der Waals surface area contributed by atoms with Gasteiger partial charge in [-0.1, -0.05) is 55.5 Å².